The number of aliphatic hydroxyl groups is 1. The summed E-state index contributed by atoms with van der Waals surface area (Å²) >= 11 is 6.53. The predicted octanol–water partition coefficient (Wildman–Crippen LogP) is 6.65. The van der Waals surface area contributed by atoms with Gasteiger partial charge in [0, 0.05) is 40.7 Å². The number of carbonyl (C=O) groups is 3. The molecule has 0 aromatic heterocycles. The Labute approximate surface area is 286 Å². The fourth-order valence-electron chi connectivity index (χ4n) is 8.66. The molecule has 8 nitrogen and oxygen atoms in total. The van der Waals surface area contributed by atoms with Crippen LogP contribution in [0.15, 0.2) is 66.7 Å². The monoisotopic (exact) mass is 689 g/mol. The largest absolute Gasteiger partial charge is 0.394 e. The molecule has 252 valence electrons. The van der Waals surface area contributed by atoms with Gasteiger partial charge in [-0.3, -0.25) is 19.3 Å². The Morgan fingerprint density at radius 3 is 2.54 bits per heavy atom. The lowest BCUT2D eigenvalue weighted by Gasteiger charge is -2.31. The molecule has 2 saturated heterocycles. The number of nitrogens with zero attached hydrogens (tertiary/aromatic N) is 3. The number of amides is 3. The van der Waals surface area contributed by atoms with Gasteiger partial charge in [0.2, 0.25) is 20.2 Å². The Bertz CT molecular complexity index is 1770. The van der Waals surface area contributed by atoms with E-state index in [0.29, 0.717) is 35.7 Å². The second-order valence-electron chi connectivity index (χ2n) is 14.1. The fraction of sp³-hybridized carbons (Fsp3) is 0.432. The highest BCUT2D eigenvalue weighted by Gasteiger charge is 2.67. The van der Waals surface area contributed by atoms with Gasteiger partial charge in [-0.1, -0.05) is 48.9 Å². The van der Waals surface area contributed by atoms with Gasteiger partial charge in [0.05, 0.1) is 43.1 Å². The number of aliphatic hydroxyl groups excluding tert-OH is 1. The number of ether oxygens (including phenoxy) is 1. The Morgan fingerprint density at radius 1 is 1.06 bits per heavy atom. The summed E-state index contributed by atoms with van der Waals surface area (Å²) in [4.78, 5) is 46.4. The van der Waals surface area contributed by atoms with Crippen LogP contribution in [0, 0.1) is 5.92 Å². The molecule has 1 N–H and O–H groups in total. The van der Waals surface area contributed by atoms with Crippen molar-refractivity contribution >= 4 is 54.8 Å². The van der Waals surface area contributed by atoms with E-state index in [2.05, 4.69) is 0 Å². The Balaban J connectivity index is 1.20. The molecule has 3 amide bonds. The molecule has 0 unspecified atom stereocenters. The van der Waals surface area contributed by atoms with E-state index in [1.54, 1.807) is 46.0 Å². The normalized spacial score (nSPS) is 26.8. The summed E-state index contributed by atoms with van der Waals surface area (Å²) in [5, 5.41) is 10.3. The molecule has 48 heavy (non-hydrogen) atoms. The fourth-order valence-corrected chi connectivity index (χ4v) is 11.3. The number of carbonyl (C=O) groups excluding carboxylic acids is 3. The molecule has 0 saturated carbocycles. The van der Waals surface area contributed by atoms with E-state index >= 15 is 4.11 Å². The minimum absolute atomic E-state index is 0.0369. The Kier molecular flexibility index (Phi) is 8.51. The topological polar surface area (TPSA) is 90.4 Å². The first kappa shape index (κ1) is 32.9. The number of benzene rings is 3. The van der Waals surface area contributed by atoms with Gasteiger partial charge in [0.25, 0.3) is 5.91 Å². The first-order valence-corrected chi connectivity index (χ1v) is 20.2. The summed E-state index contributed by atoms with van der Waals surface area (Å²) in [6.07, 6.45) is 1.81. The van der Waals surface area contributed by atoms with Gasteiger partial charge in [-0.05, 0) is 79.9 Å². The van der Waals surface area contributed by atoms with Crippen LogP contribution < -0.4 is 9.80 Å². The first-order chi connectivity index (χ1) is 22.9. The van der Waals surface area contributed by atoms with Crippen LogP contribution in [-0.2, 0) is 37.7 Å². The molecule has 0 bridgehead atoms. The third kappa shape index (κ3) is 5.37. The number of aryl methyl sites for hydroxylation is 1. The lowest BCUT2D eigenvalue weighted by atomic mass is 9.82. The summed E-state index contributed by atoms with van der Waals surface area (Å²) < 4.78 is 23.0. The third-order valence-corrected chi connectivity index (χ3v) is 13.5. The standard InChI is InChI=1S/C37H41ClFN3O5Si/c1-23-35(48(2,3)39)32(20-34(45)40-18-6-8-28(40)22-43)47-37(23)29-19-26(38)13-16-31(29)41(36(37)46)21-24-10-14-27(15-11-24)42-30-9-5-4-7-25(30)12-17-33(42)44/h4-5,7,9-11,13-16,19,23,28,32,35,43H,6,8,12,17-18,20-22H2,1-3H3/t23-,28+,32+,35-,37+/m1/s1. The highest BCUT2D eigenvalue weighted by molar-refractivity contribution is 6.72. The lowest BCUT2D eigenvalue weighted by Crippen LogP contribution is -2.45. The molecule has 11 heteroatoms. The second-order valence-corrected chi connectivity index (χ2v) is 18.3. The second kappa shape index (κ2) is 12.4. The van der Waals surface area contributed by atoms with Gasteiger partial charge in [-0.25, -0.2) is 0 Å². The number of likely N-dealkylation sites (tertiary alicyclic amines) is 1. The number of halogens is 2. The highest BCUT2D eigenvalue weighted by atomic mass is 35.5. The van der Waals surface area contributed by atoms with Crippen molar-refractivity contribution in [2.24, 2.45) is 5.92 Å². The van der Waals surface area contributed by atoms with Crippen molar-refractivity contribution in [2.75, 3.05) is 23.0 Å². The Hall–Kier alpha value is -3.57. The molecule has 4 aliphatic heterocycles. The average molecular weight is 690 g/mol. The van der Waals surface area contributed by atoms with Crippen LogP contribution in [0.4, 0.5) is 21.2 Å². The van der Waals surface area contributed by atoms with E-state index in [1.807, 2.05) is 55.5 Å². The molecule has 7 rings (SSSR count). The van der Waals surface area contributed by atoms with Gasteiger partial charge < -0.3 is 23.8 Å². The quantitative estimate of drug-likeness (QED) is 0.222. The highest BCUT2D eigenvalue weighted by Crippen LogP contribution is 2.60. The van der Waals surface area contributed by atoms with Gasteiger partial charge in [-0.2, -0.15) is 0 Å². The van der Waals surface area contributed by atoms with E-state index in [-0.39, 0.29) is 43.3 Å². The number of rotatable bonds is 7. The molecular formula is C37H41ClFN3O5Si. The minimum atomic E-state index is -3.47. The summed E-state index contributed by atoms with van der Waals surface area (Å²) in [5.74, 6) is -1.01. The zero-order chi connectivity index (χ0) is 34.0. The minimum Gasteiger partial charge on any atom is -0.394 e. The SMILES string of the molecule is C[C@@H]1[C@@H]([Si](C)(C)F)[C@H](CC(=O)N2CCC[C@H]2CO)O[C@@]12C(=O)N(Cc1ccc(N3C(=O)CCc4ccccc43)cc1)c1ccc(Cl)cc12. The summed E-state index contributed by atoms with van der Waals surface area (Å²) in [7, 11) is -3.47. The van der Waals surface area contributed by atoms with Crippen LogP contribution in [0.2, 0.25) is 23.7 Å². The van der Waals surface area contributed by atoms with Crippen molar-refractivity contribution in [3.05, 3.63) is 88.4 Å². The maximum Gasteiger partial charge on any atom is 0.264 e. The summed E-state index contributed by atoms with van der Waals surface area (Å²) in [5.41, 5.74) is 2.72. The molecule has 4 heterocycles. The van der Waals surface area contributed by atoms with Gasteiger partial charge in [-0.15, -0.1) is 0 Å². The lowest BCUT2D eigenvalue weighted by molar-refractivity contribution is -0.150. The maximum atomic E-state index is 16.3. The van der Waals surface area contributed by atoms with Crippen LogP contribution in [0.3, 0.4) is 0 Å². The molecule has 3 aromatic carbocycles. The molecule has 5 atom stereocenters. The summed E-state index contributed by atoms with van der Waals surface area (Å²) in [6, 6.07) is 20.6. The smallest absolute Gasteiger partial charge is 0.264 e. The molecule has 0 aliphatic carbocycles. The van der Waals surface area contributed by atoms with E-state index < -0.39 is 31.6 Å². The third-order valence-electron chi connectivity index (χ3n) is 10.8. The van der Waals surface area contributed by atoms with Crippen molar-refractivity contribution in [1.82, 2.24) is 4.90 Å². The molecule has 4 aliphatic rings. The number of hydrogen-bond donors (Lipinski definition) is 1. The number of para-hydroxylation sites is 1. The van der Waals surface area contributed by atoms with Gasteiger partial charge in [0.1, 0.15) is 0 Å². The zero-order valence-electron chi connectivity index (χ0n) is 27.5. The predicted molar refractivity (Wildman–Crippen MR) is 185 cm³/mol. The maximum absolute atomic E-state index is 16.3. The number of anilines is 3. The van der Waals surface area contributed by atoms with Crippen LogP contribution in [0.1, 0.15) is 49.3 Å². The zero-order valence-corrected chi connectivity index (χ0v) is 29.3. The van der Waals surface area contributed by atoms with E-state index in [9.17, 15) is 19.5 Å². The van der Waals surface area contributed by atoms with Crippen LogP contribution in [-0.4, -0.2) is 61.4 Å². The molecule has 3 aromatic rings. The van der Waals surface area contributed by atoms with Crippen molar-refractivity contribution in [2.45, 2.75) is 82.0 Å². The first-order valence-electron chi connectivity index (χ1n) is 16.8. The van der Waals surface area contributed by atoms with Crippen molar-refractivity contribution in [3.8, 4) is 0 Å². The molecule has 2 fully saturated rings. The number of hydrogen-bond acceptors (Lipinski definition) is 5. The molecule has 0 radical (unpaired) electrons. The molecule has 1 spiro atoms. The summed E-state index contributed by atoms with van der Waals surface area (Å²) in [6.45, 7) is 5.75. The number of fused-ring (bicyclic) bond motifs is 3. The van der Waals surface area contributed by atoms with Crippen LogP contribution in [0.25, 0.3) is 0 Å². The van der Waals surface area contributed by atoms with E-state index in [0.717, 1.165) is 35.3 Å². The van der Waals surface area contributed by atoms with Crippen molar-refractivity contribution < 1.29 is 28.3 Å². The van der Waals surface area contributed by atoms with Gasteiger partial charge >= 0.3 is 0 Å². The average Bonchev–Trinajstić information content (AvgIpc) is 3.72. The van der Waals surface area contributed by atoms with Gasteiger partial charge in [0.15, 0.2) is 5.60 Å². The van der Waals surface area contributed by atoms with Crippen molar-refractivity contribution in [3.63, 3.8) is 0 Å². The van der Waals surface area contributed by atoms with E-state index in [4.69, 9.17) is 16.3 Å². The van der Waals surface area contributed by atoms with E-state index in [1.165, 1.54) is 0 Å². The van der Waals surface area contributed by atoms with Crippen LogP contribution in [0.5, 0.6) is 0 Å². The van der Waals surface area contributed by atoms with Crippen LogP contribution >= 0.6 is 11.6 Å². The Morgan fingerprint density at radius 2 is 1.81 bits per heavy atom. The van der Waals surface area contributed by atoms with Crippen molar-refractivity contribution in [1.29, 1.82) is 0 Å². The molecular weight excluding hydrogens is 649 g/mol.